The van der Waals surface area contributed by atoms with Crippen LogP contribution in [0.5, 0.6) is 5.75 Å². The van der Waals surface area contributed by atoms with E-state index >= 15 is 0 Å². The lowest BCUT2D eigenvalue weighted by Gasteiger charge is -2.26. The van der Waals surface area contributed by atoms with Gasteiger partial charge in [0.1, 0.15) is 11.5 Å². The zero-order valence-corrected chi connectivity index (χ0v) is 20.5. The van der Waals surface area contributed by atoms with Crippen molar-refractivity contribution < 1.29 is 19.4 Å². The Hall–Kier alpha value is -2.83. The number of hydrogen-bond donors (Lipinski definition) is 1. The first-order chi connectivity index (χ1) is 15.6. The molecule has 1 atom stereocenters. The molecule has 7 heteroatoms. The fraction of sp³-hybridized carbons (Fsp3) is 0.385. The van der Waals surface area contributed by atoms with Crippen molar-refractivity contribution >= 4 is 29.1 Å². The van der Waals surface area contributed by atoms with Gasteiger partial charge < -0.3 is 19.6 Å². The molecular formula is C26H31ClN2O4. The van der Waals surface area contributed by atoms with Crippen LogP contribution in [0, 0.1) is 0 Å². The van der Waals surface area contributed by atoms with Gasteiger partial charge in [-0.1, -0.05) is 37.6 Å². The number of halogens is 1. The van der Waals surface area contributed by atoms with E-state index in [1.54, 1.807) is 48.4 Å². The number of amides is 1. The Balaban J connectivity index is 2.13. The Bertz CT molecular complexity index is 1060. The Labute approximate surface area is 200 Å². The molecule has 1 amide bonds. The van der Waals surface area contributed by atoms with E-state index in [1.165, 1.54) is 0 Å². The van der Waals surface area contributed by atoms with Gasteiger partial charge in [-0.05, 0) is 74.4 Å². The largest absolute Gasteiger partial charge is 0.507 e. The van der Waals surface area contributed by atoms with Gasteiger partial charge in [-0.15, -0.1) is 0 Å². The topological polar surface area (TPSA) is 70.1 Å². The van der Waals surface area contributed by atoms with Crippen LogP contribution in [0.3, 0.4) is 0 Å². The molecular weight excluding hydrogens is 440 g/mol. The van der Waals surface area contributed by atoms with Crippen molar-refractivity contribution in [2.45, 2.75) is 32.2 Å². The lowest BCUT2D eigenvalue weighted by molar-refractivity contribution is -0.139. The van der Waals surface area contributed by atoms with Crippen molar-refractivity contribution in [2.24, 2.45) is 0 Å². The third-order valence-electron chi connectivity index (χ3n) is 5.86. The smallest absolute Gasteiger partial charge is 0.295 e. The summed E-state index contributed by atoms with van der Waals surface area (Å²) in [5.74, 6) is -0.617. The third kappa shape index (κ3) is 5.23. The number of likely N-dealkylation sites (tertiary alicyclic amines) is 1. The van der Waals surface area contributed by atoms with Crippen LogP contribution in [0.4, 0.5) is 0 Å². The molecule has 3 rings (SSSR count). The average Bonchev–Trinajstić information content (AvgIpc) is 3.03. The second-order valence-corrected chi connectivity index (χ2v) is 9.25. The molecule has 0 aromatic heterocycles. The van der Waals surface area contributed by atoms with Crippen molar-refractivity contribution in [1.29, 1.82) is 0 Å². The van der Waals surface area contributed by atoms with Crippen LogP contribution in [-0.2, 0) is 9.59 Å². The second-order valence-electron chi connectivity index (χ2n) is 8.81. The van der Waals surface area contributed by atoms with Crippen molar-refractivity contribution in [3.63, 3.8) is 0 Å². The molecule has 1 heterocycles. The molecule has 33 heavy (non-hydrogen) atoms. The standard InChI is InChI=1S/C26H31ClN2O4/c1-16(2)20-15-18(9-12-21(20)33-5)24(30)22-23(17-7-10-19(27)11-8-17)29(26(32)25(22)31)14-6-13-28(3)4/h7-12,15-16,23,30H,6,13-14H2,1-5H3/b24-22-. The highest BCUT2D eigenvalue weighted by Gasteiger charge is 2.45. The molecule has 1 unspecified atom stereocenters. The summed E-state index contributed by atoms with van der Waals surface area (Å²) in [6.45, 7) is 5.22. The highest BCUT2D eigenvalue weighted by Crippen LogP contribution is 2.40. The Morgan fingerprint density at radius 3 is 2.39 bits per heavy atom. The fourth-order valence-corrected chi connectivity index (χ4v) is 4.27. The summed E-state index contributed by atoms with van der Waals surface area (Å²) < 4.78 is 5.44. The molecule has 0 radical (unpaired) electrons. The fourth-order valence-electron chi connectivity index (χ4n) is 4.15. The third-order valence-corrected chi connectivity index (χ3v) is 6.11. The summed E-state index contributed by atoms with van der Waals surface area (Å²) in [6.07, 6.45) is 0.699. The van der Waals surface area contributed by atoms with Crippen molar-refractivity contribution in [3.8, 4) is 5.75 Å². The van der Waals surface area contributed by atoms with E-state index in [9.17, 15) is 14.7 Å². The molecule has 0 spiro atoms. The first kappa shape index (κ1) is 24.8. The minimum absolute atomic E-state index is 0.0899. The predicted molar refractivity (Wildman–Crippen MR) is 131 cm³/mol. The Morgan fingerprint density at radius 1 is 1.15 bits per heavy atom. The summed E-state index contributed by atoms with van der Waals surface area (Å²) in [6, 6.07) is 11.6. The molecule has 1 N–H and O–H groups in total. The number of carbonyl (C=O) groups excluding carboxylic acids is 2. The van der Waals surface area contributed by atoms with Gasteiger partial charge >= 0.3 is 0 Å². The number of ether oxygens (including phenoxy) is 1. The summed E-state index contributed by atoms with van der Waals surface area (Å²) in [4.78, 5) is 29.8. The van der Waals surface area contributed by atoms with Gasteiger partial charge in [0.25, 0.3) is 11.7 Å². The molecule has 176 valence electrons. The molecule has 2 aromatic carbocycles. The van der Waals surface area contributed by atoms with E-state index in [0.29, 0.717) is 29.3 Å². The lowest BCUT2D eigenvalue weighted by Crippen LogP contribution is -2.32. The van der Waals surface area contributed by atoms with E-state index in [1.807, 2.05) is 38.9 Å². The van der Waals surface area contributed by atoms with E-state index in [0.717, 1.165) is 17.7 Å². The number of benzene rings is 2. The molecule has 0 saturated carbocycles. The van der Waals surface area contributed by atoms with Crippen molar-refractivity contribution in [1.82, 2.24) is 9.80 Å². The van der Waals surface area contributed by atoms with Gasteiger partial charge in [-0.3, -0.25) is 9.59 Å². The second kappa shape index (κ2) is 10.4. The number of carbonyl (C=O) groups is 2. The van der Waals surface area contributed by atoms with Crippen LogP contribution >= 0.6 is 11.6 Å². The van der Waals surface area contributed by atoms with E-state index < -0.39 is 17.7 Å². The number of nitrogens with zero attached hydrogens (tertiary/aromatic N) is 2. The highest BCUT2D eigenvalue weighted by molar-refractivity contribution is 6.46. The highest BCUT2D eigenvalue weighted by atomic mass is 35.5. The SMILES string of the molecule is COc1ccc(/C(O)=C2/C(=O)C(=O)N(CCCN(C)C)C2c2ccc(Cl)cc2)cc1C(C)C. The van der Waals surface area contributed by atoms with Crippen LogP contribution in [0.15, 0.2) is 48.0 Å². The maximum atomic E-state index is 13.1. The van der Waals surface area contributed by atoms with Crippen LogP contribution in [0.2, 0.25) is 5.02 Å². The van der Waals surface area contributed by atoms with Crippen LogP contribution in [0.25, 0.3) is 5.76 Å². The van der Waals surface area contributed by atoms with E-state index in [-0.39, 0.29) is 17.3 Å². The van der Waals surface area contributed by atoms with E-state index in [4.69, 9.17) is 16.3 Å². The van der Waals surface area contributed by atoms with Gasteiger partial charge in [0, 0.05) is 17.1 Å². The number of rotatable bonds is 8. The summed E-state index contributed by atoms with van der Waals surface area (Å²) in [5.41, 5.74) is 2.20. The maximum Gasteiger partial charge on any atom is 0.295 e. The summed E-state index contributed by atoms with van der Waals surface area (Å²) in [5, 5.41) is 11.9. The lowest BCUT2D eigenvalue weighted by atomic mass is 9.93. The van der Waals surface area contributed by atoms with Crippen LogP contribution < -0.4 is 4.74 Å². The van der Waals surface area contributed by atoms with E-state index in [2.05, 4.69) is 0 Å². The monoisotopic (exact) mass is 470 g/mol. The van der Waals surface area contributed by atoms with Crippen molar-refractivity contribution in [2.75, 3.05) is 34.3 Å². The molecule has 1 saturated heterocycles. The molecule has 1 aliphatic rings. The number of Topliss-reactive ketones (excluding diaryl/α,β-unsaturated/α-hetero) is 1. The molecule has 2 aromatic rings. The molecule has 0 aliphatic carbocycles. The Kier molecular flexibility index (Phi) is 7.82. The van der Waals surface area contributed by atoms with Crippen LogP contribution in [0.1, 0.15) is 48.9 Å². The number of aliphatic hydroxyl groups is 1. The maximum absolute atomic E-state index is 13.1. The Morgan fingerprint density at radius 2 is 1.82 bits per heavy atom. The quantitative estimate of drug-likeness (QED) is 0.339. The predicted octanol–water partition coefficient (Wildman–Crippen LogP) is 4.85. The summed E-state index contributed by atoms with van der Waals surface area (Å²) in [7, 11) is 5.52. The molecule has 6 nitrogen and oxygen atoms in total. The number of ketones is 1. The number of aliphatic hydroxyl groups excluding tert-OH is 1. The van der Waals surface area contributed by atoms with Gasteiger partial charge in [-0.25, -0.2) is 0 Å². The number of methoxy groups -OCH3 is 1. The van der Waals surface area contributed by atoms with Gasteiger partial charge in [0.15, 0.2) is 0 Å². The van der Waals surface area contributed by atoms with Crippen molar-refractivity contribution in [3.05, 3.63) is 69.8 Å². The first-order valence-corrected chi connectivity index (χ1v) is 11.4. The van der Waals surface area contributed by atoms with Gasteiger partial charge in [0.2, 0.25) is 0 Å². The van der Waals surface area contributed by atoms with Gasteiger partial charge in [0.05, 0.1) is 18.7 Å². The molecule has 1 fully saturated rings. The zero-order chi connectivity index (χ0) is 24.3. The normalized spacial score (nSPS) is 17.9. The van der Waals surface area contributed by atoms with Crippen LogP contribution in [-0.4, -0.2) is 60.9 Å². The van der Waals surface area contributed by atoms with Gasteiger partial charge in [-0.2, -0.15) is 0 Å². The minimum atomic E-state index is -0.686. The minimum Gasteiger partial charge on any atom is -0.507 e. The summed E-state index contributed by atoms with van der Waals surface area (Å²) >= 11 is 6.07. The first-order valence-electron chi connectivity index (χ1n) is 11.0. The zero-order valence-electron chi connectivity index (χ0n) is 19.8. The average molecular weight is 471 g/mol. The molecule has 1 aliphatic heterocycles. The number of hydrogen-bond acceptors (Lipinski definition) is 5. The molecule has 0 bridgehead atoms.